The molecule has 1 amide bonds. The number of hydrogen-bond donors (Lipinski definition) is 2. The Morgan fingerprint density at radius 1 is 0.966 bits per heavy atom. The second-order valence-electron chi connectivity index (χ2n) is 6.46. The van der Waals surface area contributed by atoms with E-state index >= 15 is 0 Å². The number of primary amides is 1. The van der Waals surface area contributed by atoms with Crippen LogP contribution in [0.5, 0.6) is 0 Å². The third-order valence-corrected chi connectivity index (χ3v) is 4.75. The van der Waals surface area contributed by atoms with E-state index in [9.17, 15) is 4.79 Å². The van der Waals surface area contributed by atoms with Gasteiger partial charge in [0.25, 0.3) is 0 Å². The van der Waals surface area contributed by atoms with Crippen LogP contribution in [0.25, 0.3) is 0 Å². The van der Waals surface area contributed by atoms with Gasteiger partial charge in [0, 0.05) is 28.8 Å². The van der Waals surface area contributed by atoms with E-state index in [1.807, 2.05) is 42.5 Å². The summed E-state index contributed by atoms with van der Waals surface area (Å²) in [5.74, 6) is 6.00. The van der Waals surface area contributed by atoms with Crippen molar-refractivity contribution in [3.8, 4) is 11.8 Å². The monoisotopic (exact) mass is 401 g/mol. The molecule has 4 nitrogen and oxygen atoms in total. The highest BCUT2D eigenvalue weighted by molar-refractivity contribution is 6.30. The molecule has 5 heteroatoms. The van der Waals surface area contributed by atoms with Gasteiger partial charge in [0.1, 0.15) is 11.9 Å². The molecule has 0 fully saturated rings. The van der Waals surface area contributed by atoms with Crippen LogP contribution >= 0.6 is 11.6 Å². The number of amidine groups is 1. The number of benzene rings is 3. The summed E-state index contributed by atoms with van der Waals surface area (Å²) in [6.45, 7) is 0. The van der Waals surface area contributed by atoms with Gasteiger partial charge in [-0.3, -0.25) is 10.2 Å². The highest BCUT2D eigenvalue weighted by Gasteiger charge is 2.21. The summed E-state index contributed by atoms with van der Waals surface area (Å²) < 4.78 is 0. The minimum absolute atomic E-state index is 0.154. The quantitative estimate of drug-likeness (QED) is 0.384. The number of nitrogens with zero attached hydrogens (tertiary/aromatic N) is 1. The first-order chi connectivity index (χ1) is 14.0. The molecule has 1 atom stereocenters. The van der Waals surface area contributed by atoms with Crippen LogP contribution in [0.15, 0.2) is 78.9 Å². The lowest BCUT2D eigenvalue weighted by Gasteiger charge is -2.27. The normalized spacial score (nSPS) is 11.1. The molecule has 0 bridgehead atoms. The van der Waals surface area contributed by atoms with Crippen LogP contribution in [0.1, 0.15) is 33.1 Å². The Balaban J connectivity index is 2.02. The van der Waals surface area contributed by atoms with Crippen LogP contribution in [0, 0.1) is 17.3 Å². The fourth-order valence-electron chi connectivity index (χ4n) is 2.95. The lowest BCUT2D eigenvalue weighted by molar-refractivity contribution is 0.1000. The van der Waals surface area contributed by atoms with Crippen molar-refractivity contribution in [1.82, 2.24) is 4.90 Å². The number of rotatable bonds is 4. The van der Waals surface area contributed by atoms with E-state index in [1.165, 1.54) is 0 Å². The van der Waals surface area contributed by atoms with E-state index in [-0.39, 0.29) is 5.84 Å². The van der Waals surface area contributed by atoms with Gasteiger partial charge in [-0.25, -0.2) is 0 Å². The zero-order chi connectivity index (χ0) is 20.8. The van der Waals surface area contributed by atoms with Gasteiger partial charge in [0.2, 0.25) is 5.91 Å². The summed E-state index contributed by atoms with van der Waals surface area (Å²) in [5, 5.41) is 9.32. The van der Waals surface area contributed by atoms with Crippen LogP contribution in [0.2, 0.25) is 5.02 Å². The molecule has 0 heterocycles. The summed E-state index contributed by atoms with van der Waals surface area (Å²) in [7, 11) is 1.78. The molecular weight excluding hydrogens is 382 g/mol. The largest absolute Gasteiger partial charge is 0.366 e. The predicted molar refractivity (Wildman–Crippen MR) is 117 cm³/mol. The Kier molecular flexibility index (Phi) is 6.33. The van der Waals surface area contributed by atoms with E-state index in [0.29, 0.717) is 16.1 Å². The molecule has 3 rings (SSSR count). The predicted octanol–water partition coefficient (Wildman–Crippen LogP) is 4.49. The van der Waals surface area contributed by atoms with Crippen molar-refractivity contribution >= 4 is 23.3 Å². The summed E-state index contributed by atoms with van der Waals surface area (Å²) >= 11 is 6.04. The third-order valence-electron chi connectivity index (χ3n) is 4.50. The zero-order valence-electron chi connectivity index (χ0n) is 15.9. The van der Waals surface area contributed by atoms with Crippen molar-refractivity contribution in [2.75, 3.05) is 7.05 Å². The van der Waals surface area contributed by atoms with Crippen LogP contribution in [0.4, 0.5) is 0 Å². The number of hydrogen-bond acceptors (Lipinski definition) is 2. The molecule has 0 aromatic heterocycles. The van der Waals surface area contributed by atoms with Gasteiger partial charge in [0.15, 0.2) is 0 Å². The lowest BCUT2D eigenvalue weighted by Crippen LogP contribution is -2.32. The Morgan fingerprint density at radius 2 is 1.55 bits per heavy atom. The van der Waals surface area contributed by atoms with Crippen LogP contribution < -0.4 is 5.73 Å². The fraction of sp³-hybridized carbons (Fsp3) is 0.0833. The first-order valence-corrected chi connectivity index (χ1v) is 9.38. The van der Waals surface area contributed by atoms with Gasteiger partial charge in [0.05, 0.1) is 0 Å². The number of nitrogens with two attached hydrogens (primary N) is 1. The van der Waals surface area contributed by atoms with Crippen LogP contribution in [-0.2, 0) is 0 Å². The van der Waals surface area contributed by atoms with Gasteiger partial charge in [-0.1, -0.05) is 72.0 Å². The maximum atomic E-state index is 11.8. The SMILES string of the molecule is CN(C(=N)c1ccccc1C(N)=O)C(C#Cc1ccccc1)c1ccc(Cl)cc1. The number of carbonyl (C=O) groups is 1. The molecule has 3 aromatic carbocycles. The Morgan fingerprint density at radius 3 is 2.17 bits per heavy atom. The molecule has 3 aromatic rings. The summed E-state index contributed by atoms with van der Waals surface area (Å²) in [4.78, 5) is 13.5. The number of amides is 1. The smallest absolute Gasteiger partial charge is 0.249 e. The molecule has 0 saturated carbocycles. The van der Waals surface area contributed by atoms with E-state index in [0.717, 1.165) is 11.1 Å². The van der Waals surface area contributed by atoms with Gasteiger partial charge < -0.3 is 10.6 Å². The van der Waals surface area contributed by atoms with Gasteiger partial charge in [-0.05, 0) is 35.9 Å². The maximum Gasteiger partial charge on any atom is 0.249 e. The average Bonchev–Trinajstić information content (AvgIpc) is 2.75. The van der Waals surface area contributed by atoms with Crippen molar-refractivity contribution < 1.29 is 4.79 Å². The van der Waals surface area contributed by atoms with Gasteiger partial charge in [-0.2, -0.15) is 0 Å². The number of carbonyl (C=O) groups excluding carboxylic acids is 1. The Hall–Kier alpha value is -3.55. The molecular formula is C24H20ClN3O. The highest BCUT2D eigenvalue weighted by atomic mass is 35.5. The van der Waals surface area contributed by atoms with Crippen LogP contribution in [0.3, 0.4) is 0 Å². The molecule has 144 valence electrons. The molecule has 0 saturated heterocycles. The topological polar surface area (TPSA) is 70.2 Å². The van der Waals surface area contributed by atoms with Crippen molar-refractivity contribution in [3.63, 3.8) is 0 Å². The maximum absolute atomic E-state index is 11.8. The third kappa shape index (κ3) is 4.84. The van der Waals surface area contributed by atoms with E-state index in [4.69, 9.17) is 22.7 Å². The first-order valence-electron chi connectivity index (χ1n) is 9.00. The highest BCUT2D eigenvalue weighted by Crippen LogP contribution is 2.24. The molecule has 0 radical (unpaired) electrons. The second kappa shape index (κ2) is 9.09. The molecule has 0 aliphatic carbocycles. The van der Waals surface area contributed by atoms with Crippen molar-refractivity contribution in [3.05, 3.63) is 106 Å². The van der Waals surface area contributed by atoms with E-state index in [1.54, 1.807) is 48.3 Å². The van der Waals surface area contributed by atoms with Crippen molar-refractivity contribution in [2.45, 2.75) is 6.04 Å². The zero-order valence-corrected chi connectivity index (χ0v) is 16.6. The van der Waals surface area contributed by atoms with E-state index < -0.39 is 11.9 Å². The lowest BCUT2D eigenvalue weighted by atomic mass is 10.0. The van der Waals surface area contributed by atoms with Crippen molar-refractivity contribution in [1.29, 1.82) is 5.41 Å². The van der Waals surface area contributed by atoms with Crippen molar-refractivity contribution in [2.24, 2.45) is 5.73 Å². The summed E-state index contributed by atoms with van der Waals surface area (Å²) in [6, 6.07) is 23.4. The Bertz CT molecular complexity index is 1080. The standard InChI is InChI=1S/C24H20ClN3O/c1-28(23(26)20-9-5-6-10-21(20)24(27)29)22(18-12-14-19(25)15-13-18)16-11-17-7-3-2-4-8-17/h2-10,12-15,22,26H,1H3,(H2,27,29). The van der Waals surface area contributed by atoms with Crippen LogP contribution in [-0.4, -0.2) is 23.7 Å². The summed E-state index contributed by atoms with van der Waals surface area (Å²) in [6.07, 6.45) is 0. The number of halogens is 1. The van der Waals surface area contributed by atoms with Gasteiger partial charge in [-0.15, -0.1) is 0 Å². The molecule has 0 aliphatic heterocycles. The summed E-state index contributed by atoms with van der Waals surface area (Å²) in [5.41, 5.74) is 8.03. The average molecular weight is 402 g/mol. The van der Waals surface area contributed by atoms with Gasteiger partial charge >= 0.3 is 0 Å². The molecule has 3 N–H and O–H groups in total. The van der Waals surface area contributed by atoms with E-state index in [2.05, 4.69) is 11.8 Å². The molecule has 0 spiro atoms. The second-order valence-corrected chi connectivity index (χ2v) is 6.90. The fourth-order valence-corrected chi connectivity index (χ4v) is 3.07. The first kappa shape index (κ1) is 20.2. The minimum atomic E-state index is -0.572. The minimum Gasteiger partial charge on any atom is -0.366 e. The molecule has 1 unspecified atom stereocenters. The number of nitrogens with one attached hydrogen (secondary N) is 1. The molecule has 29 heavy (non-hydrogen) atoms. The molecule has 0 aliphatic rings. The Labute approximate surface area is 175 Å².